The van der Waals surface area contributed by atoms with Gasteiger partial charge in [-0.1, -0.05) is 30.3 Å². The zero-order valence-corrected chi connectivity index (χ0v) is 14.1. The molecule has 0 saturated carbocycles. The Morgan fingerprint density at radius 2 is 2.04 bits per heavy atom. The summed E-state index contributed by atoms with van der Waals surface area (Å²) in [6.45, 7) is 4.27. The lowest BCUT2D eigenvalue weighted by atomic mass is 9.74. The third-order valence-corrected chi connectivity index (χ3v) is 5.01. The highest BCUT2D eigenvalue weighted by atomic mass is 16.4. The first-order valence-electron chi connectivity index (χ1n) is 8.49. The number of nitrogens with zero attached hydrogens (tertiary/aromatic N) is 2. The molecule has 2 aromatic rings. The summed E-state index contributed by atoms with van der Waals surface area (Å²) in [5.74, 6) is -0.684. The molecule has 0 radical (unpaired) electrons. The summed E-state index contributed by atoms with van der Waals surface area (Å²) in [6, 6.07) is 14.0. The number of hydrogen-bond acceptors (Lipinski definition) is 3. The van der Waals surface area contributed by atoms with Gasteiger partial charge in [-0.05, 0) is 56.0 Å². The molecule has 1 aromatic heterocycles. The van der Waals surface area contributed by atoms with Crippen molar-refractivity contribution in [2.75, 3.05) is 13.1 Å². The quantitative estimate of drug-likeness (QED) is 0.917. The van der Waals surface area contributed by atoms with Crippen LogP contribution < -0.4 is 0 Å². The van der Waals surface area contributed by atoms with Crippen LogP contribution in [0.5, 0.6) is 0 Å². The minimum atomic E-state index is -0.709. The van der Waals surface area contributed by atoms with E-state index >= 15 is 0 Å². The highest BCUT2D eigenvalue weighted by molar-refractivity contribution is 5.75. The molecule has 1 fully saturated rings. The number of likely N-dealkylation sites (tertiary alicyclic amines) is 1. The van der Waals surface area contributed by atoms with Gasteiger partial charge in [0, 0.05) is 19.3 Å². The van der Waals surface area contributed by atoms with Crippen LogP contribution in [-0.2, 0) is 17.8 Å². The molecule has 1 saturated heterocycles. The summed E-state index contributed by atoms with van der Waals surface area (Å²) in [5, 5.41) is 9.98. The summed E-state index contributed by atoms with van der Waals surface area (Å²) in [4.78, 5) is 18.8. The van der Waals surface area contributed by atoms with Gasteiger partial charge in [0.2, 0.25) is 0 Å². The van der Waals surface area contributed by atoms with Crippen LogP contribution in [0.3, 0.4) is 0 Å². The van der Waals surface area contributed by atoms with Crippen LogP contribution >= 0.6 is 0 Å². The van der Waals surface area contributed by atoms with Crippen LogP contribution in [0.2, 0.25) is 0 Å². The molecule has 4 nitrogen and oxygen atoms in total. The van der Waals surface area contributed by atoms with Gasteiger partial charge in [0.15, 0.2) is 0 Å². The normalized spacial score (nSPS) is 21.5. The molecule has 1 aliphatic heterocycles. The third kappa shape index (κ3) is 3.65. The van der Waals surface area contributed by atoms with E-state index in [-0.39, 0.29) is 0 Å². The minimum Gasteiger partial charge on any atom is -0.481 e. The van der Waals surface area contributed by atoms with E-state index in [0.29, 0.717) is 19.5 Å². The van der Waals surface area contributed by atoms with E-state index in [2.05, 4.69) is 28.9 Å². The summed E-state index contributed by atoms with van der Waals surface area (Å²) < 4.78 is 0. The van der Waals surface area contributed by atoms with E-state index in [9.17, 15) is 9.90 Å². The molecule has 0 aliphatic carbocycles. The van der Waals surface area contributed by atoms with Crippen molar-refractivity contribution in [2.45, 2.75) is 32.7 Å². The van der Waals surface area contributed by atoms with Crippen molar-refractivity contribution in [3.05, 3.63) is 65.5 Å². The number of pyridine rings is 1. The monoisotopic (exact) mass is 324 g/mol. The minimum absolute atomic E-state index is 0.577. The Morgan fingerprint density at radius 1 is 1.25 bits per heavy atom. The molecule has 24 heavy (non-hydrogen) atoms. The lowest BCUT2D eigenvalue weighted by Gasteiger charge is -2.40. The number of aromatic nitrogens is 1. The molecule has 1 unspecified atom stereocenters. The maximum Gasteiger partial charge on any atom is 0.311 e. The Morgan fingerprint density at radius 3 is 2.75 bits per heavy atom. The van der Waals surface area contributed by atoms with E-state index in [4.69, 9.17) is 0 Å². The molecule has 0 amide bonds. The fourth-order valence-electron chi connectivity index (χ4n) is 3.65. The van der Waals surface area contributed by atoms with Gasteiger partial charge in [0.25, 0.3) is 0 Å². The molecule has 1 aliphatic rings. The zero-order valence-electron chi connectivity index (χ0n) is 14.1. The maximum atomic E-state index is 12.1. The number of hydrogen-bond donors (Lipinski definition) is 1. The molecule has 0 spiro atoms. The van der Waals surface area contributed by atoms with Crippen LogP contribution in [0.25, 0.3) is 0 Å². The first-order chi connectivity index (χ1) is 11.6. The van der Waals surface area contributed by atoms with Crippen molar-refractivity contribution in [1.29, 1.82) is 0 Å². The lowest BCUT2D eigenvalue weighted by molar-refractivity contribution is -0.152. The number of piperidine rings is 1. The Kier molecular flexibility index (Phi) is 4.95. The molecule has 1 atom stereocenters. The molecule has 2 heterocycles. The fourth-order valence-corrected chi connectivity index (χ4v) is 3.65. The first-order valence-corrected chi connectivity index (χ1v) is 8.49. The average molecular weight is 324 g/mol. The highest BCUT2D eigenvalue weighted by Crippen LogP contribution is 2.35. The highest BCUT2D eigenvalue weighted by Gasteiger charge is 2.42. The van der Waals surface area contributed by atoms with Crippen LogP contribution in [0.15, 0.2) is 48.7 Å². The van der Waals surface area contributed by atoms with Crippen molar-refractivity contribution < 1.29 is 9.90 Å². The van der Waals surface area contributed by atoms with E-state index in [1.54, 1.807) is 6.20 Å². The Labute approximate surface area is 143 Å². The van der Waals surface area contributed by atoms with Gasteiger partial charge >= 0.3 is 5.97 Å². The number of carboxylic acid groups (broad SMARTS) is 1. The standard InChI is InChI=1S/C20H24N2O2/c1-16-7-2-3-8-17(16)13-20(19(23)24)10-6-12-22(15-20)14-18-9-4-5-11-21-18/h2-5,7-9,11H,6,10,12-15H2,1H3,(H,23,24). The summed E-state index contributed by atoms with van der Waals surface area (Å²) >= 11 is 0. The Balaban J connectivity index is 1.79. The predicted octanol–water partition coefficient (Wildman–Crippen LogP) is 3.30. The van der Waals surface area contributed by atoms with Crippen LogP contribution in [0.4, 0.5) is 0 Å². The molecule has 3 rings (SSSR count). The second-order valence-corrected chi connectivity index (χ2v) is 6.82. The Hall–Kier alpha value is -2.20. The fraction of sp³-hybridized carbons (Fsp3) is 0.400. The number of aliphatic carboxylic acids is 1. The molecule has 4 heteroatoms. The molecule has 1 aromatic carbocycles. The topological polar surface area (TPSA) is 53.4 Å². The van der Waals surface area contributed by atoms with Crippen molar-refractivity contribution in [2.24, 2.45) is 5.41 Å². The maximum absolute atomic E-state index is 12.1. The number of rotatable bonds is 5. The van der Waals surface area contributed by atoms with Crippen molar-refractivity contribution in [3.63, 3.8) is 0 Å². The van der Waals surface area contributed by atoms with Crippen LogP contribution in [-0.4, -0.2) is 34.0 Å². The van der Waals surface area contributed by atoms with Gasteiger partial charge in [0.1, 0.15) is 0 Å². The van der Waals surface area contributed by atoms with E-state index in [1.165, 1.54) is 5.56 Å². The predicted molar refractivity (Wildman–Crippen MR) is 93.7 cm³/mol. The largest absolute Gasteiger partial charge is 0.481 e. The molecule has 126 valence electrons. The molecule has 1 N–H and O–H groups in total. The second-order valence-electron chi connectivity index (χ2n) is 6.82. The van der Waals surface area contributed by atoms with Gasteiger partial charge in [-0.3, -0.25) is 14.7 Å². The second kappa shape index (κ2) is 7.14. The smallest absolute Gasteiger partial charge is 0.311 e. The molecule has 0 bridgehead atoms. The van der Waals surface area contributed by atoms with Gasteiger partial charge in [-0.25, -0.2) is 0 Å². The number of carbonyl (C=O) groups is 1. The van der Waals surface area contributed by atoms with Gasteiger partial charge in [-0.2, -0.15) is 0 Å². The lowest BCUT2D eigenvalue weighted by Crippen LogP contribution is -2.48. The first kappa shape index (κ1) is 16.7. The third-order valence-electron chi connectivity index (χ3n) is 5.01. The summed E-state index contributed by atoms with van der Waals surface area (Å²) in [6.07, 6.45) is 4.02. The van der Waals surface area contributed by atoms with E-state index < -0.39 is 11.4 Å². The average Bonchev–Trinajstić information content (AvgIpc) is 2.58. The number of carboxylic acids is 1. The molecular weight excluding hydrogens is 300 g/mol. The number of aryl methyl sites for hydroxylation is 1. The van der Waals surface area contributed by atoms with E-state index in [1.807, 2.05) is 30.3 Å². The zero-order chi connectivity index (χ0) is 17.0. The molecular formula is C20H24N2O2. The number of benzene rings is 1. The van der Waals surface area contributed by atoms with Crippen molar-refractivity contribution >= 4 is 5.97 Å². The van der Waals surface area contributed by atoms with Gasteiger partial charge < -0.3 is 5.11 Å². The van der Waals surface area contributed by atoms with E-state index in [0.717, 1.165) is 30.6 Å². The van der Waals surface area contributed by atoms with Gasteiger partial charge in [-0.15, -0.1) is 0 Å². The van der Waals surface area contributed by atoms with Crippen molar-refractivity contribution in [3.8, 4) is 0 Å². The van der Waals surface area contributed by atoms with Crippen LogP contribution in [0, 0.1) is 12.3 Å². The van der Waals surface area contributed by atoms with Crippen molar-refractivity contribution in [1.82, 2.24) is 9.88 Å². The summed E-state index contributed by atoms with van der Waals surface area (Å²) in [5.41, 5.74) is 2.59. The summed E-state index contributed by atoms with van der Waals surface area (Å²) in [7, 11) is 0. The SMILES string of the molecule is Cc1ccccc1CC1(C(=O)O)CCCN(Cc2ccccn2)C1. The van der Waals surface area contributed by atoms with Crippen LogP contribution in [0.1, 0.15) is 29.7 Å². The Bertz CT molecular complexity index is 702. The van der Waals surface area contributed by atoms with Gasteiger partial charge in [0.05, 0.1) is 11.1 Å².